The van der Waals surface area contributed by atoms with Gasteiger partial charge in [-0.1, -0.05) is 24.6 Å². The van der Waals surface area contributed by atoms with E-state index in [1.165, 1.54) is 0 Å². The van der Waals surface area contributed by atoms with E-state index in [4.69, 9.17) is 11.6 Å². The molecule has 4 heteroatoms. The van der Waals surface area contributed by atoms with Crippen LogP contribution in [0.25, 0.3) is 0 Å². The Hall–Kier alpha value is -0.770. The number of hydrogen-bond donors (Lipinski definition) is 2. The molecule has 108 valence electrons. The van der Waals surface area contributed by atoms with Crippen LogP contribution in [0.2, 0.25) is 5.02 Å². The van der Waals surface area contributed by atoms with Crippen molar-refractivity contribution in [2.24, 2.45) is 0 Å². The molecule has 0 spiro atoms. The van der Waals surface area contributed by atoms with Crippen LogP contribution in [0.3, 0.4) is 0 Å². The summed E-state index contributed by atoms with van der Waals surface area (Å²) in [4.78, 5) is 2.09. The topological polar surface area (TPSA) is 35.5 Å². The van der Waals surface area contributed by atoms with Gasteiger partial charge < -0.3 is 15.3 Å². The lowest BCUT2D eigenvalue weighted by molar-refractivity contribution is 0.216. The van der Waals surface area contributed by atoms with Crippen molar-refractivity contribution < 1.29 is 5.11 Å². The quantitative estimate of drug-likeness (QED) is 0.756. The number of halogens is 1. The molecule has 0 fully saturated rings. The van der Waals surface area contributed by atoms with Crippen molar-refractivity contribution in [3.8, 4) is 0 Å². The molecule has 1 aromatic carbocycles. The molecule has 0 heterocycles. The molecule has 1 rings (SSSR count). The first-order valence-corrected chi connectivity index (χ1v) is 7.14. The van der Waals surface area contributed by atoms with Crippen LogP contribution in [0.4, 0.5) is 5.69 Å². The summed E-state index contributed by atoms with van der Waals surface area (Å²) in [6.07, 6.45) is 1.09. The fourth-order valence-corrected chi connectivity index (χ4v) is 2.10. The highest BCUT2D eigenvalue weighted by Crippen LogP contribution is 2.30. The van der Waals surface area contributed by atoms with Gasteiger partial charge >= 0.3 is 0 Å². The standard InChI is InChI=1S/C15H25ClN2O/c1-5-9-17-10-12-13(16)7-6-8-14(12)18(4)15(2,3)11-19/h6-8,17,19H,5,9-11H2,1-4H3. The van der Waals surface area contributed by atoms with Crippen LogP contribution in [0.5, 0.6) is 0 Å². The zero-order valence-corrected chi connectivity index (χ0v) is 13.1. The average molecular weight is 285 g/mol. The average Bonchev–Trinajstić information content (AvgIpc) is 2.40. The van der Waals surface area contributed by atoms with Gasteiger partial charge in [0.1, 0.15) is 0 Å². The van der Waals surface area contributed by atoms with Crippen LogP contribution >= 0.6 is 11.6 Å². The molecule has 0 aliphatic rings. The molecule has 0 unspecified atom stereocenters. The lowest BCUT2D eigenvalue weighted by atomic mass is 10.0. The monoisotopic (exact) mass is 284 g/mol. The number of hydrogen-bond acceptors (Lipinski definition) is 3. The maximum Gasteiger partial charge on any atom is 0.0658 e. The Morgan fingerprint density at radius 1 is 1.37 bits per heavy atom. The minimum absolute atomic E-state index is 0.0951. The predicted octanol–water partition coefficient (Wildman–Crippen LogP) is 3.05. The van der Waals surface area contributed by atoms with E-state index in [-0.39, 0.29) is 12.1 Å². The van der Waals surface area contributed by atoms with Crippen LogP contribution in [-0.2, 0) is 6.54 Å². The molecule has 1 aromatic rings. The highest BCUT2D eigenvalue weighted by molar-refractivity contribution is 6.31. The summed E-state index contributed by atoms with van der Waals surface area (Å²) < 4.78 is 0. The van der Waals surface area contributed by atoms with Crippen molar-refractivity contribution >= 4 is 17.3 Å². The van der Waals surface area contributed by atoms with E-state index in [2.05, 4.69) is 17.1 Å². The van der Waals surface area contributed by atoms with Crippen LogP contribution in [0.15, 0.2) is 18.2 Å². The molecule has 2 N–H and O–H groups in total. The van der Waals surface area contributed by atoms with Crippen molar-refractivity contribution in [2.75, 3.05) is 25.1 Å². The predicted molar refractivity (Wildman–Crippen MR) is 83.0 cm³/mol. The summed E-state index contributed by atoms with van der Waals surface area (Å²) in [6, 6.07) is 5.91. The zero-order chi connectivity index (χ0) is 14.5. The van der Waals surface area contributed by atoms with Crippen molar-refractivity contribution in [3.05, 3.63) is 28.8 Å². The molecular formula is C15H25ClN2O. The molecule has 3 nitrogen and oxygen atoms in total. The number of nitrogens with zero attached hydrogens (tertiary/aromatic N) is 1. The molecule has 0 aliphatic carbocycles. The number of likely N-dealkylation sites (N-methyl/N-ethyl adjacent to an activating group) is 1. The van der Waals surface area contributed by atoms with E-state index in [0.29, 0.717) is 0 Å². The molecule has 0 amide bonds. The second-order valence-electron chi connectivity index (χ2n) is 5.44. The Morgan fingerprint density at radius 3 is 2.63 bits per heavy atom. The van der Waals surface area contributed by atoms with Crippen molar-refractivity contribution in [1.82, 2.24) is 5.32 Å². The van der Waals surface area contributed by atoms with Gasteiger partial charge in [-0.15, -0.1) is 0 Å². The van der Waals surface area contributed by atoms with Gasteiger partial charge in [0.2, 0.25) is 0 Å². The number of rotatable bonds is 7. The highest BCUT2D eigenvalue weighted by Gasteiger charge is 2.25. The van der Waals surface area contributed by atoms with Gasteiger partial charge in [0, 0.05) is 29.9 Å². The summed E-state index contributed by atoms with van der Waals surface area (Å²) in [5.41, 5.74) is 1.83. The fraction of sp³-hybridized carbons (Fsp3) is 0.600. The van der Waals surface area contributed by atoms with Crippen LogP contribution in [0, 0.1) is 0 Å². The number of aliphatic hydroxyl groups excluding tert-OH is 1. The summed E-state index contributed by atoms with van der Waals surface area (Å²) in [5, 5.41) is 13.7. The molecule has 0 aromatic heterocycles. The van der Waals surface area contributed by atoms with Crippen molar-refractivity contribution in [2.45, 2.75) is 39.3 Å². The lowest BCUT2D eigenvalue weighted by Gasteiger charge is -2.37. The normalized spacial score (nSPS) is 11.7. The molecule has 0 atom stereocenters. The summed E-state index contributed by atoms with van der Waals surface area (Å²) in [7, 11) is 1.99. The van der Waals surface area contributed by atoms with E-state index in [1.54, 1.807) is 0 Å². The molecule has 0 bridgehead atoms. The van der Waals surface area contributed by atoms with E-state index in [0.717, 1.165) is 35.8 Å². The first kappa shape index (κ1) is 16.3. The smallest absolute Gasteiger partial charge is 0.0658 e. The molecule has 0 aliphatic heterocycles. The summed E-state index contributed by atoms with van der Waals surface area (Å²) in [6.45, 7) is 7.97. The van der Waals surface area contributed by atoms with E-state index >= 15 is 0 Å². The number of aliphatic hydroxyl groups is 1. The first-order chi connectivity index (χ1) is 8.94. The maximum absolute atomic E-state index is 9.51. The first-order valence-electron chi connectivity index (χ1n) is 6.76. The van der Waals surface area contributed by atoms with Gasteiger partial charge in [-0.2, -0.15) is 0 Å². The largest absolute Gasteiger partial charge is 0.394 e. The third kappa shape index (κ3) is 4.10. The highest BCUT2D eigenvalue weighted by atomic mass is 35.5. The Labute approximate surface area is 121 Å². The number of nitrogens with one attached hydrogen (secondary N) is 1. The Kier molecular flexibility index (Phi) is 6.11. The Balaban J connectivity index is 3.02. The van der Waals surface area contributed by atoms with Crippen molar-refractivity contribution in [1.29, 1.82) is 0 Å². The van der Waals surface area contributed by atoms with Gasteiger partial charge in [-0.3, -0.25) is 0 Å². The van der Waals surface area contributed by atoms with Gasteiger partial charge in [0.25, 0.3) is 0 Å². The lowest BCUT2D eigenvalue weighted by Crippen LogP contribution is -2.45. The SMILES string of the molecule is CCCNCc1c(Cl)cccc1N(C)C(C)(C)CO. The van der Waals surface area contributed by atoms with Gasteiger partial charge in [-0.05, 0) is 38.9 Å². The molecule has 0 saturated heterocycles. The van der Waals surface area contributed by atoms with Gasteiger partial charge in [0.05, 0.1) is 12.1 Å². The van der Waals surface area contributed by atoms with Gasteiger partial charge in [-0.25, -0.2) is 0 Å². The fourth-order valence-electron chi connectivity index (χ4n) is 1.86. The summed E-state index contributed by atoms with van der Waals surface area (Å²) >= 11 is 6.32. The van der Waals surface area contributed by atoms with E-state index in [1.807, 2.05) is 39.1 Å². The molecule has 0 radical (unpaired) electrons. The van der Waals surface area contributed by atoms with Crippen LogP contribution in [-0.4, -0.2) is 30.8 Å². The second kappa shape index (κ2) is 7.13. The minimum atomic E-state index is -0.315. The third-order valence-corrected chi connectivity index (χ3v) is 3.83. The maximum atomic E-state index is 9.51. The Bertz CT molecular complexity index is 407. The Morgan fingerprint density at radius 2 is 2.05 bits per heavy atom. The summed E-state index contributed by atoms with van der Waals surface area (Å²) in [5.74, 6) is 0. The van der Waals surface area contributed by atoms with E-state index < -0.39 is 0 Å². The minimum Gasteiger partial charge on any atom is -0.394 e. The second-order valence-corrected chi connectivity index (χ2v) is 5.85. The third-order valence-electron chi connectivity index (χ3n) is 3.48. The van der Waals surface area contributed by atoms with E-state index in [9.17, 15) is 5.11 Å². The zero-order valence-electron chi connectivity index (χ0n) is 12.3. The van der Waals surface area contributed by atoms with Gasteiger partial charge in [0.15, 0.2) is 0 Å². The molecule has 0 saturated carbocycles. The van der Waals surface area contributed by atoms with Crippen LogP contribution < -0.4 is 10.2 Å². The van der Waals surface area contributed by atoms with Crippen LogP contribution in [0.1, 0.15) is 32.8 Å². The number of benzene rings is 1. The molecule has 19 heavy (non-hydrogen) atoms. The molecular weight excluding hydrogens is 260 g/mol. The van der Waals surface area contributed by atoms with Crippen molar-refractivity contribution in [3.63, 3.8) is 0 Å². The number of anilines is 1.